The summed E-state index contributed by atoms with van der Waals surface area (Å²) in [7, 11) is 7.84. The topological polar surface area (TPSA) is 6.48 Å². The van der Waals surface area contributed by atoms with E-state index in [2.05, 4.69) is 41.1 Å². The summed E-state index contributed by atoms with van der Waals surface area (Å²) >= 11 is 0. The van der Waals surface area contributed by atoms with Gasteiger partial charge in [0.1, 0.15) is 0 Å². The number of rotatable bonds is 3. The molecule has 2 nitrogen and oxygen atoms in total. The summed E-state index contributed by atoms with van der Waals surface area (Å²) in [4.78, 5) is 4.89. The first-order valence-electron chi connectivity index (χ1n) is 5.97. The van der Waals surface area contributed by atoms with Crippen molar-refractivity contribution in [3.05, 3.63) is 35.4 Å². The Hall–Kier alpha value is -0.795. The van der Waals surface area contributed by atoms with Gasteiger partial charge >= 0.3 is 0 Å². The van der Waals surface area contributed by atoms with E-state index in [-0.39, 0.29) is 0 Å². The molecule has 16 heavy (non-hydrogen) atoms. The molecular weight excluding hydrogens is 195 g/mol. The van der Waals surface area contributed by atoms with Gasteiger partial charge in [0.25, 0.3) is 0 Å². The van der Waals surface area contributed by atoms with Crippen LogP contribution in [0.15, 0.2) is 24.3 Å². The van der Waals surface area contributed by atoms with E-state index in [0.717, 1.165) is 6.54 Å². The second-order valence-corrected chi connectivity index (χ2v) is 4.60. The lowest BCUT2D eigenvalue weighted by Gasteiger charge is -2.32. The first-order chi connectivity index (χ1) is 7.78. The van der Waals surface area contributed by atoms with Gasteiger partial charge in [-0.3, -0.25) is 4.90 Å². The fourth-order valence-electron chi connectivity index (χ4n) is 2.12. The van der Waals surface area contributed by atoms with Crippen molar-refractivity contribution in [2.45, 2.75) is 12.9 Å². The maximum atomic E-state index is 5.65. The zero-order chi connectivity index (χ0) is 11.4. The molecule has 84 valence electrons. The Morgan fingerprint density at radius 2 is 1.81 bits per heavy atom. The van der Waals surface area contributed by atoms with Crippen LogP contribution in [0.2, 0.25) is 0 Å². The maximum absolute atomic E-state index is 5.65. The van der Waals surface area contributed by atoms with Gasteiger partial charge in [-0.05, 0) is 12.6 Å². The van der Waals surface area contributed by atoms with Gasteiger partial charge in [0.2, 0.25) is 0 Å². The molecule has 2 rings (SSSR count). The normalized spacial score (nSPS) is 18.8. The van der Waals surface area contributed by atoms with E-state index >= 15 is 0 Å². The number of benzene rings is 1. The van der Waals surface area contributed by atoms with E-state index in [9.17, 15) is 0 Å². The molecule has 0 spiro atoms. The van der Waals surface area contributed by atoms with E-state index in [4.69, 9.17) is 7.85 Å². The molecule has 2 radical (unpaired) electrons. The Morgan fingerprint density at radius 1 is 1.12 bits per heavy atom. The van der Waals surface area contributed by atoms with Crippen molar-refractivity contribution >= 4 is 7.85 Å². The molecule has 0 aromatic heterocycles. The van der Waals surface area contributed by atoms with E-state index < -0.39 is 0 Å². The van der Waals surface area contributed by atoms with Crippen molar-refractivity contribution in [3.8, 4) is 0 Å². The summed E-state index contributed by atoms with van der Waals surface area (Å²) in [6.45, 7) is 5.75. The first-order valence-corrected chi connectivity index (χ1v) is 5.97. The Labute approximate surface area is 99.7 Å². The molecule has 0 atom stereocenters. The van der Waals surface area contributed by atoms with Gasteiger partial charge < -0.3 is 4.90 Å². The smallest absolute Gasteiger partial charge is 0.0716 e. The first kappa shape index (κ1) is 11.7. The molecule has 0 aliphatic carbocycles. The van der Waals surface area contributed by atoms with Gasteiger partial charge in [-0.25, -0.2) is 0 Å². The average Bonchev–Trinajstić information content (AvgIpc) is 2.32. The molecule has 0 saturated carbocycles. The third kappa shape index (κ3) is 3.10. The van der Waals surface area contributed by atoms with Gasteiger partial charge in [-0.1, -0.05) is 36.1 Å². The molecule has 0 bridgehead atoms. The predicted molar refractivity (Wildman–Crippen MR) is 68.7 cm³/mol. The van der Waals surface area contributed by atoms with E-state index in [0.29, 0.717) is 6.32 Å². The largest absolute Gasteiger partial charge is 0.304 e. The molecule has 1 aromatic carbocycles. The molecule has 1 aromatic rings. The Balaban J connectivity index is 1.93. The fourth-order valence-corrected chi connectivity index (χ4v) is 2.12. The minimum Gasteiger partial charge on any atom is -0.304 e. The zero-order valence-electron chi connectivity index (χ0n) is 10.0. The number of piperazine rings is 1. The molecule has 0 unspecified atom stereocenters. The molecule has 1 saturated heterocycles. The van der Waals surface area contributed by atoms with Crippen LogP contribution in [0.25, 0.3) is 0 Å². The minimum atomic E-state index is 0.635. The van der Waals surface area contributed by atoms with E-state index in [1.54, 1.807) is 0 Å². The SMILES string of the molecule is [B]Cc1cccc(CN2CCN(C)CC2)c1. The fraction of sp³-hybridized carbons (Fsp3) is 0.538. The molecule has 1 fully saturated rings. The molecule has 1 aliphatic rings. The van der Waals surface area contributed by atoms with Crippen molar-refractivity contribution in [3.63, 3.8) is 0 Å². The zero-order valence-corrected chi connectivity index (χ0v) is 10.0. The third-order valence-electron chi connectivity index (χ3n) is 3.23. The summed E-state index contributed by atoms with van der Waals surface area (Å²) in [5.74, 6) is 0. The van der Waals surface area contributed by atoms with E-state index in [1.165, 1.54) is 37.3 Å². The summed E-state index contributed by atoms with van der Waals surface area (Å²) in [6, 6.07) is 8.61. The van der Waals surface area contributed by atoms with Crippen LogP contribution in [-0.4, -0.2) is 50.9 Å². The minimum absolute atomic E-state index is 0.635. The highest BCUT2D eigenvalue weighted by Crippen LogP contribution is 2.10. The second kappa shape index (κ2) is 5.51. The Morgan fingerprint density at radius 3 is 2.50 bits per heavy atom. The van der Waals surface area contributed by atoms with Gasteiger partial charge in [-0.15, -0.1) is 0 Å². The van der Waals surface area contributed by atoms with Gasteiger partial charge in [0.05, 0.1) is 7.85 Å². The molecular formula is C13H19BN2. The quantitative estimate of drug-likeness (QED) is 0.695. The second-order valence-electron chi connectivity index (χ2n) is 4.60. The summed E-state index contributed by atoms with van der Waals surface area (Å²) in [6.07, 6.45) is 0.635. The lowest BCUT2D eigenvalue weighted by Crippen LogP contribution is -2.43. The van der Waals surface area contributed by atoms with Gasteiger partial charge in [0.15, 0.2) is 0 Å². The van der Waals surface area contributed by atoms with Crippen LogP contribution >= 0.6 is 0 Å². The van der Waals surface area contributed by atoms with Gasteiger partial charge in [0, 0.05) is 32.7 Å². The molecule has 3 heteroatoms. The van der Waals surface area contributed by atoms with Crippen LogP contribution in [0, 0.1) is 0 Å². The highest BCUT2D eigenvalue weighted by molar-refractivity contribution is 6.08. The molecule has 1 heterocycles. The Bertz CT molecular complexity index is 332. The van der Waals surface area contributed by atoms with Crippen LogP contribution < -0.4 is 0 Å². The lowest BCUT2D eigenvalue weighted by molar-refractivity contribution is 0.148. The predicted octanol–water partition coefficient (Wildman–Crippen LogP) is 1.10. The lowest BCUT2D eigenvalue weighted by atomic mass is 9.95. The van der Waals surface area contributed by atoms with E-state index in [1.807, 2.05) is 0 Å². The maximum Gasteiger partial charge on any atom is 0.0716 e. The van der Waals surface area contributed by atoms with Crippen molar-refractivity contribution in [2.75, 3.05) is 33.2 Å². The molecule has 0 N–H and O–H groups in total. The van der Waals surface area contributed by atoms with Crippen LogP contribution in [0.4, 0.5) is 0 Å². The van der Waals surface area contributed by atoms with Crippen molar-refractivity contribution in [2.24, 2.45) is 0 Å². The monoisotopic (exact) mass is 214 g/mol. The van der Waals surface area contributed by atoms with Crippen LogP contribution in [0.1, 0.15) is 11.1 Å². The van der Waals surface area contributed by atoms with Crippen molar-refractivity contribution in [1.29, 1.82) is 0 Å². The average molecular weight is 214 g/mol. The van der Waals surface area contributed by atoms with Crippen LogP contribution in [0.5, 0.6) is 0 Å². The summed E-state index contributed by atoms with van der Waals surface area (Å²) in [5.41, 5.74) is 2.61. The standard InChI is InChI=1S/C13H19BN2/c1-15-5-7-16(8-6-15)11-13-4-2-3-12(9-13)10-14/h2-4,9H,5-8,10-11H2,1H3. The van der Waals surface area contributed by atoms with Crippen molar-refractivity contribution in [1.82, 2.24) is 9.80 Å². The molecule has 1 aliphatic heterocycles. The number of nitrogens with zero attached hydrogens (tertiary/aromatic N) is 2. The van der Waals surface area contributed by atoms with Gasteiger partial charge in [-0.2, -0.15) is 0 Å². The van der Waals surface area contributed by atoms with Crippen molar-refractivity contribution < 1.29 is 0 Å². The number of hydrogen-bond donors (Lipinski definition) is 0. The molecule has 0 amide bonds. The Kier molecular flexibility index (Phi) is 4.02. The van der Waals surface area contributed by atoms with Crippen LogP contribution in [0.3, 0.4) is 0 Å². The third-order valence-corrected chi connectivity index (χ3v) is 3.23. The summed E-state index contributed by atoms with van der Waals surface area (Å²) in [5, 5.41) is 0. The van der Waals surface area contributed by atoms with Crippen LogP contribution in [-0.2, 0) is 12.9 Å². The summed E-state index contributed by atoms with van der Waals surface area (Å²) < 4.78 is 0. The highest BCUT2D eigenvalue weighted by atomic mass is 15.2. The highest BCUT2D eigenvalue weighted by Gasteiger charge is 2.13. The number of hydrogen-bond acceptors (Lipinski definition) is 2. The number of likely N-dealkylation sites (N-methyl/N-ethyl adjacent to an activating group) is 1.